The van der Waals surface area contributed by atoms with E-state index in [1.54, 1.807) is 16.2 Å². The molecule has 7 nitrogen and oxygen atoms in total. The summed E-state index contributed by atoms with van der Waals surface area (Å²) < 4.78 is 3.22. The number of carbonyl (C=O) groups is 1. The quantitative estimate of drug-likeness (QED) is 0.527. The number of fused-ring (bicyclic) bond motifs is 3. The van der Waals surface area contributed by atoms with Crippen molar-refractivity contribution in [1.82, 2.24) is 19.2 Å². The predicted octanol–water partition coefficient (Wildman–Crippen LogP) is 2.97. The largest absolute Gasteiger partial charge is 0.324 e. The molecule has 0 aliphatic heterocycles. The number of nitrogens with one attached hydrogen (secondary N) is 1. The number of nitrogens with zero attached hydrogens (tertiary/aromatic N) is 4. The average Bonchev–Trinajstić information content (AvgIpc) is 3.16. The Kier molecular flexibility index (Phi) is 4.87. The monoisotopic (exact) mass is 393 g/mol. The number of para-hydroxylation sites is 2. The summed E-state index contributed by atoms with van der Waals surface area (Å²) in [5.74, 6) is 0.443. The van der Waals surface area contributed by atoms with Gasteiger partial charge in [-0.2, -0.15) is 0 Å². The second-order valence-electron chi connectivity index (χ2n) is 6.29. The predicted molar refractivity (Wildman–Crippen MR) is 111 cm³/mol. The van der Waals surface area contributed by atoms with Crippen LogP contribution in [0, 0.1) is 0 Å². The average molecular weight is 393 g/mol. The van der Waals surface area contributed by atoms with Gasteiger partial charge >= 0.3 is 0 Å². The third-order valence-electron chi connectivity index (χ3n) is 4.55. The number of anilines is 1. The van der Waals surface area contributed by atoms with E-state index in [9.17, 15) is 9.59 Å². The first-order valence-corrected chi connectivity index (χ1v) is 10.1. The lowest BCUT2D eigenvalue weighted by molar-refractivity contribution is -0.116. The highest BCUT2D eigenvalue weighted by Gasteiger charge is 2.17. The van der Waals surface area contributed by atoms with Crippen LogP contribution in [0.25, 0.3) is 16.7 Å². The first kappa shape index (κ1) is 18.2. The molecular weight excluding hydrogens is 374 g/mol. The van der Waals surface area contributed by atoms with Crippen molar-refractivity contribution in [3.63, 3.8) is 0 Å². The molecule has 0 unspecified atom stereocenters. The van der Waals surface area contributed by atoms with Gasteiger partial charge in [-0.1, -0.05) is 25.1 Å². The summed E-state index contributed by atoms with van der Waals surface area (Å²) in [6.07, 6.45) is 2.63. The number of aromatic nitrogens is 4. The van der Waals surface area contributed by atoms with Crippen molar-refractivity contribution in [1.29, 1.82) is 0 Å². The van der Waals surface area contributed by atoms with E-state index in [1.165, 1.54) is 4.57 Å². The molecule has 0 aliphatic rings. The van der Waals surface area contributed by atoms with Gasteiger partial charge in [0.15, 0.2) is 0 Å². The number of rotatable bonds is 5. The lowest BCUT2D eigenvalue weighted by Gasteiger charge is -2.13. The lowest BCUT2D eigenvalue weighted by atomic mass is 10.2. The third kappa shape index (κ3) is 3.16. The number of benzene rings is 2. The summed E-state index contributed by atoms with van der Waals surface area (Å²) in [5, 5.41) is 11.1. The van der Waals surface area contributed by atoms with Crippen molar-refractivity contribution in [3.8, 4) is 0 Å². The highest BCUT2D eigenvalue weighted by Crippen LogP contribution is 2.19. The van der Waals surface area contributed by atoms with E-state index in [2.05, 4.69) is 15.5 Å². The SMILES string of the molecule is CCc1nnc2c(=O)n(CC(=O)Nc3cccc(SC)c3)c3ccccc3n12. The van der Waals surface area contributed by atoms with Crippen LogP contribution in [-0.2, 0) is 17.8 Å². The third-order valence-corrected chi connectivity index (χ3v) is 5.28. The summed E-state index contributed by atoms with van der Waals surface area (Å²) >= 11 is 1.60. The maximum atomic E-state index is 13.0. The van der Waals surface area contributed by atoms with E-state index >= 15 is 0 Å². The summed E-state index contributed by atoms with van der Waals surface area (Å²) in [5.41, 5.74) is 2.07. The van der Waals surface area contributed by atoms with Crippen LogP contribution < -0.4 is 10.9 Å². The lowest BCUT2D eigenvalue weighted by Crippen LogP contribution is -2.29. The standard InChI is InChI=1S/C20H19N5O2S/c1-3-17-22-23-19-20(27)24(15-9-4-5-10-16(15)25(17)19)12-18(26)21-13-7-6-8-14(11-13)28-2/h4-11H,3,12H2,1-2H3,(H,21,26). The fraction of sp³-hybridized carbons (Fsp3) is 0.200. The molecule has 2 aromatic heterocycles. The molecule has 1 amide bonds. The Morgan fingerprint density at radius 2 is 1.89 bits per heavy atom. The van der Waals surface area contributed by atoms with E-state index < -0.39 is 0 Å². The van der Waals surface area contributed by atoms with Crippen molar-refractivity contribution in [2.75, 3.05) is 11.6 Å². The molecule has 142 valence electrons. The first-order chi connectivity index (χ1) is 13.6. The van der Waals surface area contributed by atoms with Crippen molar-refractivity contribution in [3.05, 3.63) is 64.7 Å². The van der Waals surface area contributed by atoms with Gasteiger partial charge in [-0.15, -0.1) is 22.0 Å². The van der Waals surface area contributed by atoms with Crippen molar-refractivity contribution < 1.29 is 4.79 Å². The number of amides is 1. The minimum absolute atomic E-state index is 0.104. The van der Waals surface area contributed by atoms with Crippen LogP contribution in [0.2, 0.25) is 0 Å². The van der Waals surface area contributed by atoms with Crippen LogP contribution in [0.1, 0.15) is 12.7 Å². The molecule has 0 radical (unpaired) electrons. The smallest absolute Gasteiger partial charge is 0.297 e. The van der Waals surface area contributed by atoms with Gasteiger partial charge in [-0.05, 0) is 36.6 Å². The van der Waals surface area contributed by atoms with Gasteiger partial charge in [0.25, 0.3) is 5.56 Å². The van der Waals surface area contributed by atoms with Crippen LogP contribution in [0.5, 0.6) is 0 Å². The molecule has 0 bridgehead atoms. The maximum Gasteiger partial charge on any atom is 0.297 e. The molecule has 0 aliphatic carbocycles. The Morgan fingerprint density at radius 3 is 2.64 bits per heavy atom. The Morgan fingerprint density at radius 1 is 1.11 bits per heavy atom. The fourth-order valence-corrected chi connectivity index (χ4v) is 3.71. The fourth-order valence-electron chi connectivity index (χ4n) is 3.25. The Hall–Kier alpha value is -3.13. The summed E-state index contributed by atoms with van der Waals surface area (Å²) in [4.78, 5) is 26.7. The number of hydrogen-bond acceptors (Lipinski definition) is 5. The van der Waals surface area contributed by atoms with Gasteiger partial charge in [-0.25, -0.2) is 0 Å². The topological polar surface area (TPSA) is 81.3 Å². The van der Waals surface area contributed by atoms with E-state index in [-0.39, 0.29) is 23.7 Å². The van der Waals surface area contributed by atoms with Crippen molar-refractivity contribution in [2.24, 2.45) is 0 Å². The van der Waals surface area contributed by atoms with Gasteiger partial charge in [0, 0.05) is 17.0 Å². The molecule has 1 N–H and O–H groups in total. The molecule has 2 aromatic carbocycles. The van der Waals surface area contributed by atoms with Gasteiger partial charge < -0.3 is 5.32 Å². The molecular formula is C20H19N5O2S. The molecule has 8 heteroatoms. The normalized spacial score (nSPS) is 11.2. The van der Waals surface area contributed by atoms with E-state index in [1.807, 2.05) is 61.7 Å². The molecule has 0 saturated carbocycles. The number of carbonyl (C=O) groups excluding carboxylic acids is 1. The van der Waals surface area contributed by atoms with Crippen LogP contribution in [0.4, 0.5) is 5.69 Å². The number of hydrogen-bond donors (Lipinski definition) is 1. The van der Waals surface area contributed by atoms with Crippen LogP contribution in [-0.4, -0.2) is 31.3 Å². The zero-order valence-electron chi connectivity index (χ0n) is 15.5. The number of thioether (sulfide) groups is 1. The summed E-state index contributed by atoms with van der Waals surface area (Å²) in [6, 6.07) is 15.1. The Balaban J connectivity index is 1.76. The molecule has 4 aromatic rings. The van der Waals surface area contributed by atoms with Gasteiger partial charge in [0.1, 0.15) is 12.4 Å². The Labute approximate surface area is 165 Å². The number of aryl methyl sites for hydroxylation is 1. The second-order valence-corrected chi connectivity index (χ2v) is 7.17. The van der Waals surface area contributed by atoms with Crippen LogP contribution >= 0.6 is 11.8 Å². The highest BCUT2D eigenvalue weighted by atomic mass is 32.2. The molecule has 0 fully saturated rings. The molecule has 4 rings (SSSR count). The zero-order valence-corrected chi connectivity index (χ0v) is 16.4. The van der Waals surface area contributed by atoms with Crippen molar-refractivity contribution >= 4 is 40.0 Å². The minimum atomic E-state index is -0.334. The minimum Gasteiger partial charge on any atom is -0.324 e. The van der Waals surface area contributed by atoms with E-state index in [0.717, 1.165) is 10.4 Å². The second kappa shape index (κ2) is 7.47. The van der Waals surface area contributed by atoms with E-state index in [0.29, 0.717) is 23.4 Å². The first-order valence-electron chi connectivity index (χ1n) is 8.92. The molecule has 2 heterocycles. The summed E-state index contributed by atoms with van der Waals surface area (Å²) in [6.45, 7) is 1.86. The van der Waals surface area contributed by atoms with Gasteiger partial charge in [0.2, 0.25) is 11.6 Å². The van der Waals surface area contributed by atoms with Crippen LogP contribution in [0.3, 0.4) is 0 Å². The molecule has 28 heavy (non-hydrogen) atoms. The molecule has 0 saturated heterocycles. The Bertz CT molecular complexity index is 1240. The van der Waals surface area contributed by atoms with E-state index in [4.69, 9.17) is 0 Å². The molecule has 0 spiro atoms. The maximum absolute atomic E-state index is 13.0. The highest BCUT2D eigenvalue weighted by molar-refractivity contribution is 7.98. The van der Waals surface area contributed by atoms with Crippen LogP contribution in [0.15, 0.2) is 58.2 Å². The van der Waals surface area contributed by atoms with Gasteiger partial charge in [0.05, 0.1) is 11.0 Å². The van der Waals surface area contributed by atoms with Gasteiger partial charge in [-0.3, -0.25) is 18.6 Å². The molecule has 0 atom stereocenters. The zero-order chi connectivity index (χ0) is 19.7. The van der Waals surface area contributed by atoms with Crippen molar-refractivity contribution in [2.45, 2.75) is 24.8 Å². The summed E-state index contributed by atoms with van der Waals surface area (Å²) in [7, 11) is 0.